The van der Waals surface area contributed by atoms with Crippen molar-refractivity contribution in [3.63, 3.8) is 0 Å². The number of hydrogen-bond acceptors (Lipinski definition) is 5. The molecule has 0 N–H and O–H groups in total. The summed E-state index contributed by atoms with van der Waals surface area (Å²) >= 11 is 1.91. The van der Waals surface area contributed by atoms with Crippen LogP contribution in [0.1, 0.15) is 55.1 Å². The molecule has 4 heterocycles. The first kappa shape index (κ1) is 18.0. The van der Waals surface area contributed by atoms with Gasteiger partial charge in [-0.1, -0.05) is 36.9 Å². The summed E-state index contributed by atoms with van der Waals surface area (Å²) in [6.07, 6.45) is 5.67. The monoisotopic (exact) mass is 392 g/mol. The number of thioether (sulfide) groups is 1. The van der Waals surface area contributed by atoms with Crippen molar-refractivity contribution in [1.82, 2.24) is 9.88 Å². The van der Waals surface area contributed by atoms with Crippen LogP contribution in [0, 0.1) is 6.92 Å². The van der Waals surface area contributed by atoms with Crippen molar-refractivity contribution in [1.29, 1.82) is 0 Å². The van der Waals surface area contributed by atoms with E-state index in [0.717, 1.165) is 17.9 Å². The minimum absolute atomic E-state index is 0.0788. The summed E-state index contributed by atoms with van der Waals surface area (Å²) in [4.78, 5) is 14.9. The number of amidine groups is 1. The Bertz CT molecular complexity index is 875. The molecule has 5 heteroatoms. The Morgan fingerprint density at radius 3 is 2.71 bits per heavy atom. The highest BCUT2D eigenvalue weighted by Gasteiger charge is 2.45. The van der Waals surface area contributed by atoms with Gasteiger partial charge in [-0.3, -0.25) is 9.98 Å². The van der Waals surface area contributed by atoms with Crippen molar-refractivity contribution in [2.45, 2.75) is 51.2 Å². The molecule has 2 aromatic rings. The Morgan fingerprint density at radius 1 is 1.14 bits per heavy atom. The van der Waals surface area contributed by atoms with Crippen LogP contribution in [0.3, 0.4) is 0 Å². The van der Waals surface area contributed by atoms with Gasteiger partial charge in [0, 0.05) is 36.8 Å². The second-order valence-corrected chi connectivity index (χ2v) is 9.06. The Labute approximate surface area is 172 Å². The molecule has 3 atom stereocenters. The van der Waals surface area contributed by atoms with Gasteiger partial charge in [0.1, 0.15) is 6.04 Å². The van der Waals surface area contributed by atoms with Crippen molar-refractivity contribution in [3.8, 4) is 0 Å². The standard InChI is InChI=1S/C23H28N4S/c1-3-18-15-28-23-25-21(19-8-4-5-11-24-19)22(27(18)23)17-9-10-20(16(2)14-17)26-12-6-7-13-26/h4-5,8-11,14,18,21-22H,3,6-7,12-13,15H2,1-2H3/t18-,21-,22+/m1/s1. The predicted molar refractivity (Wildman–Crippen MR) is 118 cm³/mol. The van der Waals surface area contributed by atoms with Crippen LogP contribution in [-0.4, -0.2) is 39.9 Å². The molecule has 3 aliphatic rings. The fraction of sp³-hybridized carbons (Fsp3) is 0.478. The first-order valence-corrected chi connectivity index (χ1v) is 11.5. The molecule has 5 rings (SSSR count). The highest BCUT2D eigenvalue weighted by atomic mass is 32.2. The molecule has 0 unspecified atom stereocenters. The van der Waals surface area contributed by atoms with Gasteiger partial charge in [-0.2, -0.15) is 0 Å². The van der Waals surface area contributed by atoms with Crippen LogP contribution in [0.15, 0.2) is 47.6 Å². The number of pyridine rings is 1. The molecule has 2 saturated heterocycles. The number of benzene rings is 1. The molecule has 28 heavy (non-hydrogen) atoms. The Hall–Kier alpha value is -2.01. The van der Waals surface area contributed by atoms with Gasteiger partial charge in [0.2, 0.25) is 0 Å². The molecule has 1 aromatic carbocycles. The summed E-state index contributed by atoms with van der Waals surface area (Å²) in [5.74, 6) is 1.14. The highest BCUT2D eigenvalue weighted by Crippen LogP contribution is 2.49. The molecule has 0 saturated carbocycles. The Kier molecular flexibility index (Phi) is 4.79. The summed E-state index contributed by atoms with van der Waals surface area (Å²) in [6.45, 7) is 6.93. The van der Waals surface area contributed by atoms with Gasteiger partial charge in [0.05, 0.1) is 11.7 Å². The molecule has 2 fully saturated rings. The van der Waals surface area contributed by atoms with Crippen LogP contribution in [-0.2, 0) is 0 Å². The Balaban J connectivity index is 1.54. The van der Waals surface area contributed by atoms with Gasteiger partial charge >= 0.3 is 0 Å². The van der Waals surface area contributed by atoms with Crippen molar-refractivity contribution >= 4 is 22.6 Å². The molecular weight excluding hydrogens is 364 g/mol. The van der Waals surface area contributed by atoms with E-state index in [1.54, 1.807) is 0 Å². The van der Waals surface area contributed by atoms with E-state index in [1.165, 1.54) is 47.9 Å². The normalized spacial score (nSPS) is 26.6. The predicted octanol–water partition coefficient (Wildman–Crippen LogP) is 4.97. The van der Waals surface area contributed by atoms with Crippen molar-refractivity contribution in [3.05, 3.63) is 59.4 Å². The number of hydrogen-bond donors (Lipinski definition) is 0. The van der Waals surface area contributed by atoms with E-state index in [-0.39, 0.29) is 12.1 Å². The summed E-state index contributed by atoms with van der Waals surface area (Å²) < 4.78 is 0. The van der Waals surface area contributed by atoms with E-state index in [1.807, 2.05) is 24.0 Å². The minimum Gasteiger partial charge on any atom is -0.371 e. The number of rotatable bonds is 4. The van der Waals surface area contributed by atoms with E-state index in [4.69, 9.17) is 4.99 Å². The summed E-state index contributed by atoms with van der Waals surface area (Å²) in [5.41, 5.74) is 5.23. The number of aryl methyl sites for hydroxylation is 1. The zero-order chi connectivity index (χ0) is 19.1. The molecular formula is C23H28N4S. The third-order valence-corrected chi connectivity index (χ3v) is 7.46. The fourth-order valence-electron chi connectivity index (χ4n) is 4.89. The van der Waals surface area contributed by atoms with Gasteiger partial charge in [0.15, 0.2) is 5.17 Å². The Morgan fingerprint density at radius 2 is 2.00 bits per heavy atom. The third-order valence-electron chi connectivity index (χ3n) is 6.34. The smallest absolute Gasteiger partial charge is 0.160 e. The van der Waals surface area contributed by atoms with Crippen LogP contribution >= 0.6 is 11.8 Å². The fourth-order valence-corrected chi connectivity index (χ4v) is 6.22. The molecule has 3 aliphatic heterocycles. The summed E-state index contributed by atoms with van der Waals surface area (Å²) in [6, 6.07) is 14.2. The first-order chi connectivity index (χ1) is 13.8. The maximum atomic E-state index is 5.14. The molecule has 0 amide bonds. The van der Waals surface area contributed by atoms with Crippen molar-refractivity contribution < 1.29 is 0 Å². The molecule has 0 aliphatic carbocycles. The maximum Gasteiger partial charge on any atom is 0.160 e. The zero-order valence-electron chi connectivity index (χ0n) is 16.7. The average molecular weight is 393 g/mol. The van der Waals surface area contributed by atoms with Crippen LogP contribution < -0.4 is 4.90 Å². The van der Waals surface area contributed by atoms with Crippen LogP contribution in [0.4, 0.5) is 5.69 Å². The minimum atomic E-state index is 0.0788. The number of nitrogens with zero attached hydrogens (tertiary/aromatic N) is 4. The lowest BCUT2D eigenvalue weighted by atomic mass is 9.93. The van der Waals surface area contributed by atoms with Crippen LogP contribution in [0.2, 0.25) is 0 Å². The molecule has 0 radical (unpaired) electrons. The lowest BCUT2D eigenvalue weighted by Crippen LogP contribution is -2.35. The molecule has 146 valence electrons. The van der Waals surface area contributed by atoms with Gasteiger partial charge in [-0.05, 0) is 55.5 Å². The van der Waals surface area contributed by atoms with E-state index < -0.39 is 0 Å². The van der Waals surface area contributed by atoms with E-state index >= 15 is 0 Å². The highest BCUT2D eigenvalue weighted by molar-refractivity contribution is 8.14. The second-order valence-electron chi connectivity index (χ2n) is 8.08. The molecule has 0 spiro atoms. The number of fused-ring (bicyclic) bond motifs is 1. The van der Waals surface area contributed by atoms with E-state index in [0.29, 0.717) is 6.04 Å². The number of aromatic nitrogens is 1. The van der Waals surface area contributed by atoms with Gasteiger partial charge in [-0.15, -0.1) is 0 Å². The molecule has 1 aromatic heterocycles. The average Bonchev–Trinajstić information content (AvgIpc) is 3.45. The summed E-state index contributed by atoms with van der Waals surface area (Å²) in [5, 5.41) is 1.20. The van der Waals surface area contributed by atoms with Gasteiger partial charge < -0.3 is 9.80 Å². The first-order valence-electron chi connectivity index (χ1n) is 10.5. The lowest BCUT2D eigenvalue weighted by Gasteiger charge is -2.32. The molecule has 0 bridgehead atoms. The van der Waals surface area contributed by atoms with Crippen LogP contribution in [0.5, 0.6) is 0 Å². The third kappa shape index (κ3) is 3.00. The van der Waals surface area contributed by atoms with Gasteiger partial charge in [-0.25, -0.2) is 0 Å². The largest absolute Gasteiger partial charge is 0.371 e. The number of anilines is 1. The van der Waals surface area contributed by atoms with Crippen molar-refractivity contribution in [2.75, 3.05) is 23.7 Å². The van der Waals surface area contributed by atoms with E-state index in [9.17, 15) is 0 Å². The maximum absolute atomic E-state index is 5.14. The van der Waals surface area contributed by atoms with Crippen molar-refractivity contribution in [2.24, 2.45) is 4.99 Å². The SMILES string of the molecule is CC[C@@H]1CSC2=N[C@H](c3ccccn3)[C@H](c3ccc(N4CCCC4)c(C)c3)N21. The van der Waals surface area contributed by atoms with Gasteiger partial charge in [0.25, 0.3) is 0 Å². The van der Waals surface area contributed by atoms with Crippen LogP contribution in [0.25, 0.3) is 0 Å². The van der Waals surface area contributed by atoms with E-state index in [2.05, 4.69) is 59.0 Å². The number of aliphatic imine (C=N–C) groups is 1. The lowest BCUT2D eigenvalue weighted by molar-refractivity contribution is 0.255. The zero-order valence-corrected chi connectivity index (χ0v) is 17.5. The second kappa shape index (κ2) is 7.43. The molecule has 4 nitrogen and oxygen atoms in total. The quantitative estimate of drug-likeness (QED) is 0.735. The summed E-state index contributed by atoms with van der Waals surface area (Å²) in [7, 11) is 0. The topological polar surface area (TPSA) is 31.7 Å².